The van der Waals surface area contributed by atoms with E-state index in [9.17, 15) is 14.0 Å². The third kappa shape index (κ3) is 4.53. The minimum absolute atomic E-state index is 0.0269. The highest BCUT2D eigenvalue weighted by Crippen LogP contribution is 2.21. The zero-order chi connectivity index (χ0) is 16.8. The molecule has 1 N–H and O–H groups in total. The SMILES string of the molecule is CC(=O)N(CCC(=O)Nc1ccccc1Cl)c1ccccc1F. The summed E-state index contributed by atoms with van der Waals surface area (Å²) in [6.07, 6.45) is 0.0269. The molecule has 120 valence electrons. The summed E-state index contributed by atoms with van der Waals surface area (Å²) in [5.41, 5.74) is 0.657. The molecule has 0 fully saturated rings. The van der Waals surface area contributed by atoms with Crippen LogP contribution in [0.1, 0.15) is 13.3 Å². The third-order valence-corrected chi connectivity index (χ3v) is 3.56. The summed E-state index contributed by atoms with van der Waals surface area (Å²) < 4.78 is 13.8. The molecule has 0 atom stereocenters. The van der Waals surface area contributed by atoms with Gasteiger partial charge in [0, 0.05) is 19.9 Å². The molecule has 0 heterocycles. The zero-order valence-corrected chi connectivity index (χ0v) is 13.3. The van der Waals surface area contributed by atoms with Gasteiger partial charge in [-0.1, -0.05) is 35.9 Å². The lowest BCUT2D eigenvalue weighted by molar-refractivity contribution is -0.117. The van der Waals surface area contributed by atoms with Gasteiger partial charge < -0.3 is 10.2 Å². The van der Waals surface area contributed by atoms with Crippen molar-refractivity contribution in [3.05, 3.63) is 59.4 Å². The molecule has 0 aliphatic carbocycles. The Kier molecular flexibility index (Phi) is 5.71. The van der Waals surface area contributed by atoms with Gasteiger partial charge in [-0.2, -0.15) is 0 Å². The minimum Gasteiger partial charge on any atom is -0.325 e. The van der Waals surface area contributed by atoms with Crippen LogP contribution >= 0.6 is 11.6 Å². The van der Waals surface area contributed by atoms with Crippen LogP contribution in [0.2, 0.25) is 5.02 Å². The Hall–Kier alpha value is -2.40. The smallest absolute Gasteiger partial charge is 0.226 e. The van der Waals surface area contributed by atoms with E-state index >= 15 is 0 Å². The van der Waals surface area contributed by atoms with Crippen LogP contribution in [0.5, 0.6) is 0 Å². The molecule has 0 aliphatic heterocycles. The Bertz CT molecular complexity index is 721. The summed E-state index contributed by atoms with van der Waals surface area (Å²) in [5, 5.41) is 3.10. The van der Waals surface area contributed by atoms with Gasteiger partial charge >= 0.3 is 0 Å². The second-order valence-corrected chi connectivity index (χ2v) is 5.31. The number of nitrogens with one attached hydrogen (secondary N) is 1. The largest absolute Gasteiger partial charge is 0.325 e. The summed E-state index contributed by atoms with van der Waals surface area (Å²) in [7, 11) is 0. The van der Waals surface area contributed by atoms with Crippen molar-refractivity contribution in [2.24, 2.45) is 0 Å². The second-order valence-electron chi connectivity index (χ2n) is 4.90. The molecule has 2 amide bonds. The topological polar surface area (TPSA) is 49.4 Å². The molecule has 0 aliphatic rings. The highest BCUT2D eigenvalue weighted by molar-refractivity contribution is 6.33. The predicted octanol–water partition coefficient (Wildman–Crippen LogP) is 3.86. The standard InChI is InChI=1S/C17H16ClFN2O2/c1-12(22)21(16-9-5-3-7-14(16)19)11-10-17(23)20-15-8-4-2-6-13(15)18/h2-9H,10-11H2,1H3,(H,20,23). The Morgan fingerprint density at radius 2 is 1.78 bits per heavy atom. The van der Waals surface area contributed by atoms with Crippen LogP contribution in [0.15, 0.2) is 48.5 Å². The van der Waals surface area contributed by atoms with Gasteiger partial charge in [0.05, 0.1) is 16.4 Å². The molecule has 0 saturated heterocycles. The average Bonchev–Trinajstić information content (AvgIpc) is 2.51. The van der Waals surface area contributed by atoms with Crippen molar-refractivity contribution < 1.29 is 14.0 Å². The molecule has 0 aromatic heterocycles. The molecule has 0 spiro atoms. The maximum atomic E-state index is 13.8. The molecule has 6 heteroatoms. The minimum atomic E-state index is -0.505. The van der Waals surface area contributed by atoms with Crippen LogP contribution < -0.4 is 10.2 Å². The summed E-state index contributed by atoms with van der Waals surface area (Å²) >= 11 is 5.97. The quantitative estimate of drug-likeness (QED) is 0.902. The van der Waals surface area contributed by atoms with Gasteiger partial charge in [0.2, 0.25) is 11.8 Å². The number of carbonyl (C=O) groups excluding carboxylic acids is 2. The van der Waals surface area contributed by atoms with Crippen molar-refractivity contribution in [3.63, 3.8) is 0 Å². The lowest BCUT2D eigenvalue weighted by atomic mass is 10.2. The highest BCUT2D eigenvalue weighted by Gasteiger charge is 2.16. The molecule has 4 nitrogen and oxygen atoms in total. The monoisotopic (exact) mass is 334 g/mol. The van der Waals surface area contributed by atoms with Crippen LogP contribution in [-0.4, -0.2) is 18.4 Å². The summed E-state index contributed by atoms with van der Waals surface area (Å²) in [6.45, 7) is 1.41. The molecule has 0 saturated carbocycles. The van der Waals surface area contributed by atoms with Crippen molar-refractivity contribution in [2.75, 3.05) is 16.8 Å². The first-order valence-electron chi connectivity index (χ1n) is 7.06. The molecule has 2 rings (SSSR count). The number of halogens is 2. The van der Waals surface area contributed by atoms with Crippen LogP contribution in [-0.2, 0) is 9.59 Å². The fraction of sp³-hybridized carbons (Fsp3) is 0.176. The zero-order valence-electron chi connectivity index (χ0n) is 12.6. The maximum Gasteiger partial charge on any atom is 0.226 e. The van der Waals surface area contributed by atoms with E-state index in [1.807, 2.05) is 0 Å². The summed E-state index contributed by atoms with van der Waals surface area (Å²) in [5.74, 6) is -1.14. The second kappa shape index (κ2) is 7.74. The van der Waals surface area contributed by atoms with Gasteiger partial charge in [0.15, 0.2) is 0 Å². The van der Waals surface area contributed by atoms with E-state index in [0.717, 1.165) is 0 Å². The van der Waals surface area contributed by atoms with Crippen molar-refractivity contribution in [1.82, 2.24) is 0 Å². The Labute approximate surface area is 138 Å². The average molecular weight is 335 g/mol. The van der Waals surface area contributed by atoms with Crippen LogP contribution in [0.3, 0.4) is 0 Å². The summed E-state index contributed by atoms with van der Waals surface area (Å²) in [6, 6.07) is 12.8. The number of amides is 2. The Morgan fingerprint density at radius 1 is 1.13 bits per heavy atom. The normalized spacial score (nSPS) is 10.2. The van der Waals surface area contributed by atoms with Gasteiger partial charge in [-0.05, 0) is 24.3 Å². The fourth-order valence-corrected chi connectivity index (χ4v) is 2.29. The molecule has 2 aromatic carbocycles. The van der Waals surface area contributed by atoms with Crippen molar-refractivity contribution in [2.45, 2.75) is 13.3 Å². The van der Waals surface area contributed by atoms with Crippen molar-refractivity contribution >= 4 is 34.8 Å². The number of hydrogen-bond donors (Lipinski definition) is 1. The van der Waals surface area contributed by atoms with E-state index in [-0.39, 0.29) is 30.5 Å². The first kappa shape index (κ1) is 17.0. The first-order valence-corrected chi connectivity index (χ1v) is 7.44. The highest BCUT2D eigenvalue weighted by atomic mass is 35.5. The van der Waals surface area contributed by atoms with Crippen molar-refractivity contribution in [3.8, 4) is 0 Å². The number of rotatable bonds is 5. The number of para-hydroxylation sites is 2. The Balaban J connectivity index is 2.02. The van der Waals surface area contributed by atoms with Crippen molar-refractivity contribution in [1.29, 1.82) is 0 Å². The molecule has 0 unspecified atom stereocenters. The number of nitrogens with zero attached hydrogens (tertiary/aromatic N) is 1. The lowest BCUT2D eigenvalue weighted by Gasteiger charge is -2.21. The molecular weight excluding hydrogens is 319 g/mol. The fourth-order valence-electron chi connectivity index (χ4n) is 2.11. The van der Waals surface area contributed by atoms with E-state index in [4.69, 9.17) is 11.6 Å². The van der Waals surface area contributed by atoms with E-state index in [1.165, 1.54) is 24.0 Å². The molecule has 2 aromatic rings. The maximum absolute atomic E-state index is 13.8. The van der Waals surface area contributed by atoms with Crippen LogP contribution in [0, 0.1) is 5.82 Å². The van der Waals surface area contributed by atoms with Crippen LogP contribution in [0.25, 0.3) is 0 Å². The molecule has 0 bridgehead atoms. The number of benzene rings is 2. The molecule has 23 heavy (non-hydrogen) atoms. The van der Waals surface area contributed by atoms with E-state index in [1.54, 1.807) is 36.4 Å². The molecule has 0 radical (unpaired) electrons. The van der Waals surface area contributed by atoms with Gasteiger partial charge in [-0.3, -0.25) is 9.59 Å². The van der Waals surface area contributed by atoms with Gasteiger partial charge in [-0.25, -0.2) is 4.39 Å². The van der Waals surface area contributed by atoms with E-state index < -0.39 is 5.82 Å². The van der Waals surface area contributed by atoms with E-state index in [0.29, 0.717) is 10.7 Å². The predicted molar refractivity (Wildman–Crippen MR) is 89.1 cm³/mol. The van der Waals surface area contributed by atoms with Gasteiger partial charge in [0.1, 0.15) is 5.82 Å². The summed E-state index contributed by atoms with van der Waals surface area (Å²) in [4.78, 5) is 25.0. The Morgan fingerprint density at radius 3 is 2.43 bits per heavy atom. The number of carbonyl (C=O) groups is 2. The number of hydrogen-bond acceptors (Lipinski definition) is 2. The van der Waals surface area contributed by atoms with Crippen LogP contribution in [0.4, 0.5) is 15.8 Å². The van der Waals surface area contributed by atoms with Gasteiger partial charge in [0.25, 0.3) is 0 Å². The third-order valence-electron chi connectivity index (χ3n) is 3.23. The molecular formula is C17H16ClFN2O2. The van der Waals surface area contributed by atoms with E-state index in [2.05, 4.69) is 5.32 Å². The lowest BCUT2D eigenvalue weighted by Crippen LogP contribution is -2.32. The number of anilines is 2. The first-order chi connectivity index (χ1) is 11.0. The van der Waals surface area contributed by atoms with Gasteiger partial charge in [-0.15, -0.1) is 0 Å².